The van der Waals surface area contributed by atoms with Crippen molar-refractivity contribution in [1.82, 2.24) is 4.90 Å². The molecule has 1 N–H and O–H groups in total. The van der Waals surface area contributed by atoms with Crippen LogP contribution in [0.25, 0.3) is 0 Å². The van der Waals surface area contributed by atoms with Crippen LogP contribution in [0.4, 0.5) is 0 Å². The molecule has 108 valence electrons. The highest BCUT2D eigenvalue weighted by Gasteiger charge is 2.44. The molecule has 0 aromatic carbocycles. The highest BCUT2D eigenvalue weighted by atomic mass is 16.5. The smallest absolute Gasteiger partial charge is 0.308 e. The summed E-state index contributed by atoms with van der Waals surface area (Å²) < 4.78 is 6.07. The normalized spacial score (nSPS) is 38.9. The Morgan fingerprint density at radius 3 is 2.68 bits per heavy atom. The fourth-order valence-corrected chi connectivity index (χ4v) is 4.31. The van der Waals surface area contributed by atoms with Gasteiger partial charge in [0, 0.05) is 25.7 Å². The lowest BCUT2D eigenvalue weighted by molar-refractivity contribution is -0.142. The van der Waals surface area contributed by atoms with E-state index in [0.29, 0.717) is 6.04 Å². The fourth-order valence-electron chi connectivity index (χ4n) is 4.31. The average molecular weight is 267 g/mol. The lowest BCUT2D eigenvalue weighted by Crippen LogP contribution is -2.47. The first-order valence-electron chi connectivity index (χ1n) is 7.70. The van der Waals surface area contributed by atoms with Crippen LogP contribution < -0.4 is 0 Å². The molecule has 0 radical (unpaired) electrons. The molecular weight excluding hydrogens is 242 g/mol. The molecule has 19 heavy (non-hydrogen) atoms. The summed E-state index contributed by atoms with van der Waals surface area (Å²) in [5.74, 6) is -0.528. The van der Waals surface area contributed by atoms with Crippen molar-refractivity contribution >= 4 is 5.97 Å². The van der Waals surface area contributed by atoms with Crippen LogP contribution in [-0.2, 0) is 9.53 Å². The minimum Gasteiger partial charge on any atom is -0.481 e. The van der Waals surface area contributed by atoms with E-state index in [1.54, 1.807) is 0 Å². The molecule has 2 saturated heterocycles. The number of ether oxygens (including phenoxy) is 1. The second-order valence-electron chi connectivity index (χ2n) is 6.76. The van der Waals surface area contributed by atoms with Gasteiger partial charge in [-0.15, -0.1) is 0 Å². The van der Waals surface area contributed by atoms with E-state index in [1.165, 1.54) is 25.7 Å². The molecule has 2 aliphatic heterocycles. The molecule has 3 fully saturated rings. The van der Waals surface area contributed by atoms with Crippen LogP contribution in [0.15, 0.2) is 0 Å². The molecule has 3 atom stereocenters. The Labute approximate surface area is 115 Å². The van der Waals surface area contributed by atoms with Crippen molar-refractivity contribution < 1.29 is 14.6 Å². The summed E-state index contributed by atoms with van der Waals surface area (Å²) >= 11 is 0. The first-order chi connectivity index (χ1) is 9.10. The maximum Gasteiger partial charge on any atom is 0.308 e. The predicted octanol–water partition coefficient (Wildman–Crippen LogP) is 2.13. The van der Waals surface area contributed by atoms with Gasteiger partial charge in [-0.3, -0.25) is 9.69 Å². The van der Waals surface area contributed by atoms with Crippen LogP contribution in [0, 0.1) is 11.8 Å². The molecule has 3 rings (SSSR count). The Morgan fingerprint density at radius 2 is 2.05 bits per heavy atom. The number of nitrogens with zero attached hydrogens (tertiary/aromatic N) is 1. The van der Waals surface area contributed by atoms with Crippen molar-refractivity contribution in [3.05, 3.63) is 0 Å². The Bertz CT molecular complexity index is 351. The van der Waals surface area contributed by atoms with E-state index in [0.717, 1.165) is 32.5 Å². The van der Waals surface area contributed by atoms with Gasteiger partial charge in [-0.05, 0) is 31.6 Å². The molecule has 0 bridgehead atoms. The first kappa shape index (κ1) is 13.4. The number of carboxylic acid groups (broad SMARTS) is 1. The number of hydrogen-bond acceptors (Lipinski definition) is 3. The van der Waals surface area contributed by atoms with Gasteiger partial charge in [0.2, 0.25) is 0 Å². The molecule has 0 aromatic rings. The summed E-state index contributed by atoms with van der Waals surface area (Å²) in [6.45, 7) is 4.60. The summed E-state index contributed by atoms with van der Waals surface area (Å²) in [5.41, 5.74) is 0.132. The first-order valence-corrected chi connectivity index (χ1v) is 7.70. The molecule has 3 unspecified atom stereocenters. The van der Waals surface area contributed by atoms with E-state index in [9.17, 15) is 9.90 Å². The summed E-state index contributed by atoms with van der Waals surface area (Å²) in [7, 11) is 0. The van der Waals surface area contributed by atoms with Crippen LogP contribution in [0.5, 0.6) is 0 Å². The molecule has 4 heteroatoms. The summed E-state index contributed by atoms with van der Waals surface area (Å²) in [5, 5.41) is 9.25. The molecule has 1 saturated carbocycles. The van der Waals surface area contributed by atoms with Crippen LogP contribution in [0.2, 0.25) is 0 Å². The third-order valence-electron chi connectivity index (χ3n) is 5.46. The zero-order chi connectivity index (χ0) is 13.5. The van der Waals surface area contributed by atoms with Crippen molar-refractivity contribution in [3.63, 3.8) is 0 Å². The predicted molar refractivity (Wildman–Crippen MR) is 72.0 cm³/mol. The average Bonchev–Trinajstić information content (AvgIpc) is 2.97. The van der Waals surface area contributed by atoms with Crippen LogP contribution >= 0.6 is 0 Å². The third-order valence-corrected chi connectivity index (χ3v) is 5.46. The molecule has 3 aliphatic rings. The van der Waals surface area contributed by atoms with Crippen LogP contribution in [0.1, 0.15) is 45.4 Å². The Kier molecular flexibility index (Phi) is 3.56. The Balaban J connectivity index is 1.65. The monoisotopic (exact) mass is 267 g/mol. The number of hydrogen-bond donors (Lipinski definition) is 1. The van der Waals surface area contributed by atoms with E-state index >= 15 is 0 Å². The zero-order valence-electron chi connectivity index (χ0n) is 11.8. The second-order valence-corrected chi connectivity index (χ2v) is 6.76. The molecule has 2 heterocycles. The second kappa shape index (κ2) is 5.06. The quantitative estimate of drug-likeness (QED) is 0.832. The number of rotatable bonds is 2. The maximum absolute atomic E-state index is 11.2. The maximum atomic E-state index is 11.2. The van der Waals surface area contributed by atoms with Gasteiger partial charge in [0.25, 0.3) is 0 Å². The molecule has 1 spiro atoms. The van der Waals surface area contributed by atoms with E-state index in [-0.39, 0.29) is 17.4 Å². The lowest BCUT2D eigenvalue weighted by atomic mass is 9.88. The zero-order valence-corrected chi connectivity index (χ0v) is 11.8. The van der Waals surface area contributed by atoms with Crippen molar-refractivity contribution in [3.8, 4) is 0 Å². The molecule has 4 nitrogen and oxygen atoms in total. The largest absolute Gasteiger partial charge is 0.481 e. The van der Waals surface area contributed by atoms with Gasteiger partial charge in [0.1, 0.15) is 0 Å². The summed E-state index contributed by atoms with van der Waals surface area (Å²) in [6, 6.07) is 0.540. The molecular formula is C15H25NO3. The number of carbonyl (C=O) groups is 1. The van der Waals surface area contributed by atoms with E-state index in [4.69, 9.17) is 4.74 Å². The van der Waals surface area contributed by atoms with Gasteiger partial charge in [-0.2, -0.15) is 0 Å². The minimum absolute atomic E-state index is 0.132. The van der Waals surface area contributed by atoms with Crippen LogP contribution in [0.3, 0.4) is 0 Å². The number of likely N-dealkylation sites (tertiary alicyclic amines) is 1. The van der Waals surface area contributed by atoms with Gasteiger partial charge < -0.3 is 9.84 Å². The van der Waals surface area contributed by atoms with Gasteiger partial charge in [0.15, 0.2) is 0 Å². The standard InChI is InChI=1S/C15H25NO3/c1-11-9-16(10-13(11)14(17)18)12-4-7-19-15(8-12)5-2-3-6-15/h11-13H,2-10H2,1H3,(H,17,18). The van der Waals surface area contributed by atoms with Crippen LogP contribution in [-0.4, -0.2) is 47.3 Å². The van der Waals surface area contributed by atoms with Gasteiger partial charge in [-0.1, -0.05) is 19.8 Å². The highest BCUT2D eigenvalue weighted by molar-refractivity contribution is 5.71. The lowest BCUT2D eigenvalue weighted by Gasteiger charge is -2.42. The summed E-state index contributed by atoms with van der Waals surface area (Å²) in [4.78, 5) is 13.7. The van der Waals surface area contributed by atoms with Crippen molar-refractivity contribution in [2.75, 3.05) is 19.7 Å². The number of aliphatic carboxylic acids is 1. The van der Waals surface area contributed by atoms with E-state index in [1.807, 2.05) is 0 Å². The van der Waals surface area contributed by atoms with Gasteiger partial charge in [0.05, 0.1) is 11.5 Å². The number of carboxylic acids is 1. The van der Waals surface area contributed by atoms with Crippen molar-refractivity contribution in [2.24, 2.45) is 11.8 Å². The van der Waals surface area contributed by atoms with Crippen molar-refractivity contribution in [2.45, 2.75) is 57.1 Å². The topological polar surface area (TPSA) is 49.8 Å². The Hall–Kier alpha value is -0.610. The summed E-state index contributed by atoms with van der Waals surface area (Å²) in [6.07, 6.45) is 7.18. The fraction of sp³-hybridized carbons (Fsp3) is 0.933. The SMILES string of the molecule is CC1CN(C2CCOC3(CCCC3)C2)CC1C(=O)O. The van der Waals surface area contributed by atoms with Crippen molar-refractivity contribution in [1.29, 1.82) is 0 Å². The molecule has 1 aliphatic carbocycles. The third kappa shape index (κ3) is 2.52. The molecule has 0 aromatic heterocycles. The van der Waals surface area contributed by atoms with E-state index in [2.05, 4.69) is 11.8 Å². The Morgan fingerprint density at radius 1 is 1.32 bits per heavy atom. The van der Waals surface area contributed by atoms with Gasteiger partial charge in [-0.25, -0.2) is 0 Å². The minimum atomic E-state index is -0.627. The molecule has 0 amide bonds. The highest BCUT2D eigenvalue weighted by Crippen LogP contribution is 2.42. The van der Waals surface area contributed by atoms with E-state index < -0.39 is 5.97 Å². The van der Waals surface area contributed by atoms with Gasteiger partial charge >= 0.3 is 5.97 Å².